The van der Waals surface area contributed by atoms with Crippen LogP contribution in [0.4, 0.5) is 11.4 Å². The number of benzene rings is 1. The summed E-state index contributed by atoms with van der Waals surface area (Å²) in [6, 6.07) is 2.95. The maximum Gasteiger partial charge on any atom is 0.293 e. The van der Waals surface area contributed by atoms with E-state index in [0.29, 0.717) is 11.5 Å². The molecule has 1 saturated carbocycles. The lowest BCUT2D eigenvalue weighted by molar-refractivity contribution is -0.384. The van der Waals surface area contributed by atoms with Gasteiger partial charge >= 0.3 is 0 Å². The van der Waals surface area contributed by atoms with E-state index in [1.54, 1.807) is 13.0 Å². The van der Waals surface area contributed by atoms with Gasteiger partial charge in [0.1, 0.15) is 5.69 Å². The van der Waals surface area contributed by atoms with E-state index < -0.39 is 4.92 Å². The van der Waals surface area contributed by atoms with E-state index >= 15 is 0 Å². The third kappa shape index (κ3) is 3.54. The number of nitro benzene ring substituents is 1. The summed E-state index contributed by atoms with van der Waals surface area (Å²) < 4.78 is 0. The number of rotatable bonds is 4. The van der Waals surface area contributed by atoms with Crippen LogP contribution < -0.4 is 11.1 Å². The van der Waals surface area contributed by atoms with Crippen molar-refractivity contribution in [3.63, 3.8) is 0 Å². The molecule has 0 aromatic heterocycles. The number of aliphatic hydroxyl groups is 1. The van der Waals surface area contributed by atoms with Crippen molar-refractivity contribution in [1.82, 2.24) is 5.32 Å². The third-order valence-electron chi connectivity index (χ3n) is 4.18. The summed E-state index contributed by atoms with van der Waals surface area (Å²) in [6.45, 7) is 1.87. The Morgan fingerprint density at radius 1 is 1.41 bits per heavy atom. The van der Waals surface area contributed by atoms with Crippen molar-refractivity contribution in [1.29, 1.82) is 0 Å². The van der Waals surface area contributed by atoms with E-state index in [-0.39, 0.29) is 35.5 Å². The van der Waals surface area contributed by atoms with Crippen LogP contribution in [0.1, 0.15) is 41.6 Å². The Hall–Kier alpha value is -2.15. The quantitative estimate of drug-likeness (QED) is 0.445. The van der Waals surface area contributed by atoms with Gasteiger partial charge in [-0.25, -0.2) is 0 Å². The molecule has 1 aromatic carbocycles. The lowest BCUT2D eigenvalue weighted by Gasteiger charge is -2.28. The van der Waals surface area contributed by atoms with E-state index in [1.165, 1.54) is 6.07 Å². The highest BCUT2D eigenvalue weighted by Crippen LogP contribution is 2.28. The number of aliphatic hydroxyl groups excluding tert-OH is 1. The van der Waals surface area contributed by atoms with Crippen LogP contribution in [0.3, 0.4) is 0 Å². The summed E-state index contributed by atoms with van der Waals surface area (Å²) in [4.78, 5) is 22.7. The van der Waals surface area contributed by atoms with Gasteiger partial charge in [-0.3, -0.25) is 14.9 Å². The summed E-state index contributed by atoms with van der Waals surface area (Å²) in [5.41, 5.74) is 6.20. The average Bonchev–Trinajstić information content (AvgIpc) is 2.49. The van der Waals surface area contributed by atoms with Crippen LogP contribution in [0.5, 0.6) is 0 Å². The smallest absolute Gasteiger partial charge is 0.293 e. The molecule has 0 unspecified atom stereocenters. The van der Waals surface area contributed by atoms with Gasteiger partial charge < -0.3 is 16.2 Å². The molecule has 0 atom stereocenters. The summed E-state index contributed by atoms with van der Waals surface area (Å²) in [5, 5.41) is 23.0. The van der Waals surface area contributed by atoms with Crippen LogP contribution in [0, 0.1) is 23.0 Å². The molecule has 4 N–H and O–H groups in total. The van der Waals surface area contributed by atoms with E-state index in [0.717, 1.165) is 25.7 Å². The molecule has 0 heterocycles. The number of nitrogens with two attached hydrogens (primary N) is 1. The minimum Gasteiger partial charge on any atom is -0.396 e. The predicted molar refractivity (Wildman–Crippen MR) is 82.5 cm³/mol. The fourth-order valence-electron chi connectivity index (χ4n) is 2.87. The fraction of sp³-hybridized carbons (Fsp3) is 0.533. The molecule has 22 heavy (non-hydrogen) atoms. The zero-order valence-corrected chi connectivity index (χ0v) is 12.5. The first-order valence-electron chi connectivity index (χ1n) is 7.38. The largest absolute Gasteiger partial charge is 0.396 e. The minimum atomic E-state index is -0.578. The first-order valence-corrected chi connectivity index (χ1v) is 7.38. The number of hydrogen-bond donors (Lipinski definition) is 3. The Labute approximate surface area is 128 Å². The Kier molecular flexibility index (Phi) is 4.97. The number of nitrogens with one attached hydrogen (secondary N) is 1. The van der Waals surface area contributed by atoms with Crippen LogP contribution in [0.2, 0.25) is 0 Å². The van der Waals surface area contributed by atoms with Gasteiger partial charge in [0.2, 0.25) is 0 Å². The number of amides is 1. The highest BCUT2D eigenvalue weighted by molar-refractivity contribution is 6.01. The Bertz CT molecular complexity index is 580. The second-order valence-electron chi connectivity index (χ2n) is 5.88. The lowest BCUT2D eigenvalue weighted by Crippen LogP contribution is -2.38. The van der Waals surface area contributed by atoms with Gasteiger partial charge in [-0.2, -0.15) is 0 Å². The molecule has 0 radical (unpaired) electrons. The minimum absolute atomic E-state index is 0.0225. The summed E-state index contributed by atoms with van der Waals surface area (Å²) in [5.74, 6) is -0.0740. The molecule has 1 fully saturated rings. The number of carbonyl (C=O) groups is 1. The standard InChI is InChI=1S/C15H21N3O4/c1-9-6-12(14(16)13(7-9)18(21)22)15(20)17-11-4-2-10(8-19)3-5-11/h6-7,10-11,19H,2-5,8,16H2,1H3,(H,17,20). The van der Waals surface area contributed by atoms with Crippen LogP contribution >= 0.6 is 0 Å². The van der Waals surface area contributed by atoms with Gasteiger partial charge in [-0.1, -0.05) is 0 Å². The first-order chi connectivity index (χ1) is 10.4. The van der Waals surface area contributed by atoms with Crippen molar-refractivity contribution in [3.8, 4) is 0 Å². The first kappa shape index (κ1) is 16.2. The van der Waals surface area contributed by atoms with E-state index in [1.807, 2.05) is 0 Å². The monoisotopic (exact) mass is 307 g/mol. The Balaban J connectivity index is 2.12. The topological polar surface area (TPSA) is 118 Å². The zero-order valence-electron chi connectivity index (χ0n) is 12.5. The van der Waals surface area contributed by atoms with Crippen LogP contribution in [0.25, 0.3) is 0 Å². The molecule has 2 rings (SSSR count). The summed E-state index contributed by atoms with van der Waals surface area (Å²) in [6.07, 6.45) is 3.32. The highest BCUT2D eigenvalue weighted by Gasteiger charge is 2.25. The van der Waals surface area contributed by atoms with Crippen molar-refractivity contribution in [2.45, 2.75) is 38.6 Å². The maximum atomic E-state index is 12.3. The van der Waals surface area contributed by atoms with Crippen LogP contribution in [-0.2, 0) is 0 Å². The zero-order chi connectivity index (χ0) is 16.3. The highest BCUT2D eigenvalue weighted by atomic mass is 16.6. The molecule has 0 aliphatic heterocycles. The van der Waals surface area contributed by atoms with Crippen molar-refractivity contribution in [3.05, 3.63) is 33.4 Å². The fourth-order valence-corrected chi connectivity index (χ4v) is 2.87. The molecule has 0 spiro atoms. The molecule has 1 amide bonds. The normalized spacial score (nSPS) is 21.4. The van der Waals surface area contributed by atoms with Crippen LogP contribution in [-0.4, -0.2) is 28.6 Å². The number of hydrogen-bond acceptors (Lipinski definition) is 5. The van der Waals surface area contributed by atoms with Gasteiger partial charge in [0, 0.05) is 18.7 Å². The third-order valence-corrected chi connectivity index (χ3v) is 4.18. The molecular formula is C15H21N3O4. The number of carbonyl (C=O) groups excluding carboxylic acids is 1. The van der Waals surface area contributed by atoms with Gasteiger partial charge in [-0.05, 0) is 50.2 Å². The molecule has 7 nitrogen and oxygen atoms in total. The molecule has 0 bridgehead atoms. The second kappa shape index (κ2) is 6.74. The van der Waals surface area contributed by atoms with E-state index in [2.05, 4.69) is 5.32 Å². The second-order valence-corrected chi connectivity index (χ2v) is 5.88. The SMILES string of the molecule is Cc1cc(C(=O)NC2CCC(CO)CC2)c(N)c([N+](=O)[O-])c1. The molecule has 1 aliphatic carbocycles. The van der Waals surface area contributed by atoms with Gasteiger partial charge in [0.25, 0.3) is 11.6 Å². The van der Waals surface area contributed by atoms with E-state index in [4.69, 9.17) is 10.8 Å². The lowest BCUT2D eigenvalue weighted by atomic mass is 9.86. The van der Waals surface area contributed by atoms with Crippen molar-refractivity contribution in [2.75, 3.05) is 12.3 Å². The number of nitro groups is 1. The molecule has 0 saturated heterocycles. The molecular weight excluding hydrogens is 286 g/mol. The molecule has 7 heteroatoms. The Morgan fingerprint density at radius 3 is 2.59 bits per heavy atom. The number of anilines is 1. The number of aryl methyl sites for hydroxylation is 1. The van der Waals surface area contributed by atoms with Gasteiger partial charge in [-0.15, -0.1) is 0 Å². The average molecular weight is 307 g/mol. The van der Waals surface area contributed by atoms with Crippen LogP contribution in [0.15, 0.2) is 12.1 Å². The molecule has 120 valence electrons. The Morgan fingerprint density at radius 2 is 2.05 bits per heavy atom. The molecule has 1 aromatic rings. The number of nitrogen functional groups attached to an aromatic ring is 1. The van der Waals surface area contributed by atoms with Gasteiger partial charge in [0.15, 0.2) is 0 Å². The summed E-state index contributed by atoms with van der Waals surface area (Å²) in [7, 11) is 0. The summed E-state index contributed by atoms with van der Waals surface area (Å²) >= 11 is 0. The van der Waals surface area contributed by atoms with Gasteiger partial charge in [0.05, 0.1) is 10.5 Å². The van der Waals surface area contributed by atoms with Crippen molar-refractivity contribution >= 4 is 17.3 Å². The van der Waals surface area contributed by atoms with Crippen molar-refractivity contribution < 1.29 is 14.8 Å². The molecule has 1 aliphatic rings. The van der Waals surface area contributed by atoms with Crippen molar-refractivity contribution in [2.24, 2.45) is 5.92 Å². The number of nitrogens with zero attached hydrogens (tertiary/aromatic N) is 1. The maximum absolute atomic E-state index is 12.3. The van der Waals surface area contributed by atoms with E-state index in [9.17, 15) is 14.9 Å². The predicted octanol–water partition coefficient (Wildman–Crippen LogP) is 1.77.